The Morgan fingerprint density at radius 1 is 1.06 bits per heavy atom. The van der Waals surface area contributed by atoms with Gasteiger partial charge in [0.15, 0.2) is 0 Å². The lowest BCUT2D eigenvalue weighted by molar-refractivity contribution is -0.119. The molecule has 1 amide bonds. The van der Waals surface area contributed by atoms with Gasteiger partial charge in [-0.3, -0.25) is 9.10 Å². The van der Waals surface area contributed by atoms with Gasteiger partial charge >= 0.3 is 0 Å². The largest absolute Gasteiger partial charge is 0.271 e. The molecule has 0 unspecified atom stereocenters. The zero-order chi connectivity index (χ0) is 23.3. The second kappa shape index (κ2) is 10.3. The number of sulfonamides is 1. The first-order valence-corrected chi connectivity index (χ1v) is 12.2. The number of hydrazone groups is 1. The molecule has 166 valence electrons. The van der Waals surface area contributed by atoms with Crippen LogP contribution in [0.2, 0.25) is 5.02 Å². The van der Waals surface area contributed by atoms with Crippen molar-refractivity contribution in [1.29, 1.82) is 0 Å². The maximum atomic E-state index is 13.4. The number of anilines is 1. The van der Waals surface area contributed by atoms with Gasteiger partial charge in [-0.25, -0.2) is 13.8 Å². The van der Waals surface area contributed by atoms with Crippen molar-refractivity contribution in [3.05, 3.63) is 92.9 Å². The van der Waals surface area contributed by atoms with Gasteiger partial charge in [0.1, 0.15) is 6.54 Å². The number of aryl methyl sites for hydroxylation is 2. The summed E-state index contributed by atoms with van der Waals surface area (Å²) in [5, 5.41) is 4.41. The Bertz CT molecular complexity index is 1240. The average Bonchev–Trinajstić information content (AvgIpc) is 2.74. The first-order chi connectivity index (χ1) is 15.2. The fourth-order valence-corrected chi connectivity index (χ4v) is 4.91. The van der Waals surface area contributed by atoms with E-state index < -0.39 is 22.5 Å². The first kappa shape index (κ1) is 24.0. The van der Waals surface area contributed by atoms with Gasteiger partial charge in [-0.1, -0.05) is 57.4 Å². The highest BCUT2D eigenvalue weighted by molar-refractivity contribution is 9.10. The molecule has 0 aliphatic carbocycles. The number of amides is 1. The van der Waals surface area contributed by atoms with Gasteiger partial charge in [0.25, 0.3) is 15.9 Å². The van der Waals surface area contributed by atoms with Gasteiger partial charge in [0.2, 0.25) is 0 Å². The van der Waals surface area contributed by atoms with E-state index in [4.69, 9.17) is 11.6 Å². The molecule has 0 spiro atoms. The quantitative estimate of drug-likeness (QED) is 0.340. The third kappa shape index (κ3) is 5.97. The monoisotopic (exact) mass is 533 g/mol. The van der Waals surface area contributed by atoms with Crippen LogP contribution in [0.3, 0.4) is 0 Å². The molecule has 3 aromatic rings. The molecule has 6 nitrogen and oxygen atoms in total. The van der Waals surface area contributed by atoms with E-state index in [1.165, 1.54) is 18.3 Å². The van der Waals surface area contributed by atoms with Gasteiger partial charge in [-0.2, -0.15) is 5.10 Å². The molecule has 3 rings (SSSR count). The number of hydrogen-bond acceptors (Lipinski definition) is 4. The predicted octanol–water partition coefficient (Wildman–Crippen LogP) is 5.06. The highest BCUT2D eigenvalue weighted by Crippen LogP contribution is 2.29. The standard InChI is InChI=1S/C23H21BrClN3O3S/c1-16-3-10-21(11-4-16)32(30,31)28(22-12-9-20(25)13-17(22)2)15-23(29)27-26-14-18-5-7-19(24)8-6-18/h3-14H,15H2,1-2H3,(H,27,29)/b26-14-. The lowest BCUT2D eigenvalue weighted by atomic mass is 10.2. The molecule has 32 heavy (non-hydrogen) atoms. The van der Waals surface area contributed by atoms with Crippen molar-refractivity contribution >= 4 is 55.4 Å². The minimum absolute atomic E-state index is 0.0867. The summed E-state index contributed by atoms with van der Waals surface area (Å²) in [4.78, 5) is 12.7. The van der Waals surface area contributed by atoms with Crippen molar-refractivity contribution in [2.24, 2.45) is 5.10 Å². The molecule has 0 aliphatic rings. The third-order valence-corrected chi connectivity index (χ3v) is 7.13. The van der Waals surface area contributed by atoms with Crippen LogP contribution in [0.1, 0.15) is 16.7 Å². The molecular weight excluding hydrogens is 514 g/mol. The number of nitrogens with one attached hydrogen (secondary N) is 1. The van der Waals surface area contributed by atoms with Crippen molar-refractivity contribution in [2.45, 2.75) is 18.7 Å². The number of carbonyl (C=O) groups excluding carboxylic acids is 1. The molecule has 0 heterocycles. The molecule has 0 aromatic heterocycles. The summed E-state index contributed by atoms with van der Waals surface area (Å²) in [6, 6.07) is 18.6. The van der Waals surface area contributed by atoms with Gasteiger partial charge in [-0.15, -0.1) is 0 Å². The Morgan fingerprint density at radius 3 is 2.34 bits per heavy atom. The van der Waals surface area contributed by atoms with Crippen molar-refractivity contribution in [3.63, 3.8) is 0 Å². The average molecular weight is 535 g/mol. The maximum absolute atomic E-state index is 13.4. The van der Waals surface area contributed by atoms with Gasteiger partial charge in [-0.05, 0) is 67.4 Å². The summed E-state index contributed by atoms with van der Waals surface area (Å²) < 4.78 is 28.8. The van der Waals surface area contributed by atoms with Crippen molar-refractivity contribution in [3.8, 4) is 0 Å². The zero-order valence-corrected chi connectivity index (χ0v) is 20.6. The zero-order valence-electron chi connectivity index (χ0n) is 17.4. The van der Waals surface area contributed by atoms with Crippen molar-refractivity contribution in [2.75, 3.05) is 10.8 Å². The summed E-state index contributed by atoms with van der Waals surface area (Å²) in [6.45, 7) is 3.16. The summed E-state index contributed by atoms with van der Waals surface area (Å²) in [7, 11) is -4.01. The molecule has 0 aliphatic heterocycles. The van der Waals surface area contributed by atoms with E-state index in [-0.39, 0.29) is 4.90 Å². The number of benzene rings is 3. The van der Waals surface area contributed by atoms with Crippen LogP contribution in [0.15, 0.2) is 81.2 Å². The van der Waals surface area contributed by atoms with E-state index in [1.54, 1.807) is 37.3 Å². The lowest BCUT2D eigenvalue weighted by Crippen LogP contribution is -2.40. The maximum Gasteiger partial charge on any atom is 0.264 e. The first-order valence-electron chi connectivity index (χ1n) is 9.60. The Labute approximate surface area is 201 Å². The number of hydrogen-bond donors (Lipinski definition) is 1. The SMILES string of the molecule is Cc1ccc(S(=O)(=O)N(CC(=O)N/N=C\c2ccc(Br)cc2)c2ccc(Cl)cc2C)cc1. The molecule has 0 saturated carbocycles. The number of rotatable bonds is 7. The molecule has 1 N–H and O–H groups in total. The van der Waals surface area contributed by atoms with Crippen LogP contribution in [0.25, 0.3) is 0 Å². The molecule has 0 atom stereocenters. The molecule has 0 saturated heterocycles. The number of nitrogens with zero attached hydrogens (tertiary/aromatic N) is 2. The molecule has 3 aromatic carbocycles. The van der Waals surface area contributed by atoms with Gasteiger partial charge in [0.05, 0.1) is 16.8 Å². The van der Waals surface area contributed by atoms with Crippen LogP contribution in [0.4, 0.5) is 5.69 Å². The van der Waals surface area contributed by atoms with Crippen molar-refractivity contribution in [1.82, 2.24) is 5.43 Å². The molecule has 0 fully saturated rings. The van der Waals surface area contributed by atoms with E-state index in [0.29, 0.717) is 16.3 Å². The van der Waals surface area contributed by atoms with Crippen molar-refractivity contribution < 1.29 is 13.2 Å². The molecule has 0 bridgehead atoms. The molecule has 9 heteroatoms. The fourth-order valence-electron chi connectivity index (χ4n) is 2.93. The molecular formula is C23H21BrClN3O3S. The highest BCUT2D eigenvalue weighted by Gasteiger charge is 2.28. The van der Waals surface area contributed by atoms with E-state index in [1.807, 2.05) is 31.2 Å². The molecule has 0 radical (unpaired) electrons. The minimum Gasteiger partial charge on any atom is -0.271 e. The van der Waals surface area contributed by atoms with Crippen LogP contribution in [-0.4, -0.2) is 27.1 Å². The van der Waals surface area contributed by atoms with E-state index in [0.717, 1.165) is 19.9 Å². The highest BCUT2D eigenvalue weighted by atomic mass is 79.9. The smallest absolute Gasteiger partial charge is 0.264 e. The van der Waals surface area contributed by atoms with E-state index >= 15 is 0 Å². The summed E-state index contributed by atoms with van der Waals surface area (Å²) in [5.41, 5.74) is 5.10. The Kier molecular flexibility index (Phi) is 7.71. The Hall–Kier alpha value is -2.68. The van der Waals surface area contributed by atoms with E-state index in [2.05, 4.69) is 26.5 Å². The Morgan fingerprint density at radius 2 is 1.72 bits per heavy atom. The van der Waals surface area contributed by atoms with Crippen LogP contribution in [-0.2, 0) is 14.8 Å². The summed E-state index contributed by atoms with van der Waals surface area (Å²) in [5.74, 6) is -0.580. The van der Waals surface area contributed by atoms with Crippen LogP contribution in [0, 0.1) is 13.8 Å². The minimum atomic E-state index is -4.01. The normalized spacial score (nSPS) is 11.5. The summed E-state index contributed by atoms with van der Waals surface area (Å²) >= 11 is 9.40. The van der Waals surface area contributed by atoms with Gasteiger partial charge < -0.3 is 0 Å². The third-order valence-electron chi connectivity index (χ3n) is 4.60. The summed E-state index contributed by atoms with van der Waals surface area (Å²) in [6.07, 6.45) is 1.48. The Balaban J connectivity index is 1.87. The predicted molar refractivity (Wildman–Crippen MR) is 132 cm³/mol. The lowest BCUT2D eigenvalue weighted by Gasteiger charge is -2.25. The second-order valence-electron chi connectivity index (χ2n) is 7.10. The number of carbonyl (C=O) groups is 1. The van der Waals surface area contributed by atoms with E-state index in [9.17, 15) is 13.2 Å². The van der Waals surface area contributed by atoms with Crippen LogP contribution in [0.5, 0.6) is 0 Å². The fraction of sp³-hybridized carbons (Fsp3) is 0.130. The second-order valence-corrected chi connectivity index (χ2v) is 10.3. The van der Waals surface area contributed by atoms with Crippen LogP contribution < -0.4 is 9.73 Å². The number of halogens is 2. The van der Waals surface area contributed by atoms with Crippen LogP contribution >= 0.6 is 27.5 Å². The topological polar surface area (TPSA) is 78.8 Å². The van der Waals surface area contributed by atoms with Gasteiger partial charge in [0, 0.05) is 9.50 Å².